The summed E-state index contributed by atoms with van der Waals surface area (Å²) in [5.41, 5.74) is 0. The summed E-state index contributed by atoms with van der Waals surface area (Å²) in [5, 5.41) is 0. The van der Waals surface area contributed by atoms with Crippen LogP contribution in [0.2, 0.25) is 0 Å². The Bertz CT molecular complexity index is 1590. The Hall–Kier alpha value is -4.71. The number of ether oxygens (including phenoxy) is 3. The molecule has 0 fully saturated rings. The second-order valence-electron chi connectivity index (χ2n) is 18.1. The summed E-state index contributed by atoms with van der Waals surface area (Å²) in [4.78, 5) is 37.8. The minimum absolute atomic E-state index is 0.113. The van der Waals surface area contributed by atoms with E-state index in [0.717, 1.165) is 122 Å². The van der Waals surface area contributed by atoms with Gasteiger partial charge in [-0.1, -0.05) is 244 Å². The average molecular weight is 980 g/mol. The van der Waals surface area contributed by atoms with Crippen LogP contribution in [0.3, 0.4) is 0 Å². The Morgan fingerprint density at radius 1 is 0.296 bits per heavy atom. The molecule has 0 saturated carbocycles. The highest BCUT2D eigenvalue weighted by Gasteiger charge is 2.19. The summed E-state index contributed by atoms with van der Waals surface area (Å²) in [6, 6.07) is 0. The smallest absolute Gasteiger partial charge is 0.306 e. The second kappa shape index (κ2) is 57.9. The Balaban J connectivity index is 4.18. The molecule has 0 spiro atoms. The SMILES string of the molecule is CC/C=C\C/C=C\C/C=C\C/C=C\C/C=C\C/C=C\C/C=C\C/C=C\CCCCCCCCCCC(=O)OCC(COC(=O)CCCCCCCCC)OC(=O)CC/C=C\C/C=C\C/C=C\C/C=C\CC. The quantitative estimate of drug-likeness (QED) is 0.0262. The summed E-state index contributed by atoms with van der Waals surface area (Å²) < 4.78 is 16.6. The van der Waals surface area contributed by atoms with Gasteiger partial charge in [-0.3, -0.25) is 14.4 Å². The van der Waals surface area contributed by atoms with Crippen LogP contribution in [0.25, 0.3) is 0 Å². The molecule has 0 N–H and O–H groups in total. The molecule has 0 aliphatic heterocycles. The molecule has 1 unspecified atom stereocenters. The van der Waals surface area contributed by atoms with Crippen LogP contribution in [0.4, 0.5) is 0 Å². The van der Waals surface area contributed by atoms with Crippen molar-refractivity contribution >= 4 is 17.9 Å². The van der Waals surface area contributed by atoms with Crippen molar-refractivity contribution in [3.63, 3.8) is 0 Å². The molecule has 71 heavy (non-hydrogen) atoms. The normalized spacial score (nSPS) is 13.2. The number of carbonyl (C=O) groups is 3. The van der Waals surface area contributed by atoms with Crippen molar-refractivity contribution in [1.82, 2.24) is 0 Å². The maximum atomic E-state index is 12.7. The molecule has 0 saturated heterocycles. The van der Waals surface area contributed by atoms with E-state index in [1.807, 2.05) is 12.2 Å². The van der Waals surface area contributed by atoms with E-state index in [9.17, 15) is 14.4 Å². The standard InChI is InChI=1S/C65H102O6/c1-4-7-10-13-16-18-20-22-23-24-25-26-27-28-29-30-31-32-33-34-35-36-37-38-39-40-41-43-44-46-49-52-55-58-64(67)70-61-62(60-69-63(66)57-54-51-48-15-12-9-6-3)71-65(68)59-56-53-50-47-45-42-21-19-17-14-11-8-5-2/h7-8,10-11,16-19,22-23,25-26,28-29,31-32,34-35,37-38,42,45,50,53,62H,4-6,9,12-15,20-21,24,27,30,33,36,39-41,43-44,46-49,51-52,54-61H2,1-3H3/b10-7-,11-8-,18-16-,19-17-,23-22-,26-25-,29-28-,32-31-,35-34-,38-37-,45-42-,53-50-. The maximum absolute atomic E-state index is 12.7. The molecule has 0 aliphatic carbocycles. The van der Waals surface area contributed by atoms with Gasteiger partial charge in [0.15, 0.2) is 6.10 Å². The lowest BCUT2D eigenvalue weighted by molar-refractivity contribution is -0.166. The summed E-state index contributed by atoms with van der Waals surface area (Å²) >= 11 is 0. The van der Waals surface area contributed by atoms with Crippen LogP contribution in [0.1, 0.15) is 226 Å². The third-order valence-electron chi connectivity index (χ3n) is 11.4. The van der Waals surface area contributed by atoms with E-state index in [1.165, 1.54) is 57.8 Å². The number of esters is 3. The fourth-order valence-corrected chi connectivity index (χ4v) is 7.18. The van der Waals surface area contributed by atoms with Gasteiger partial charge in [0.05, 0.1) is 0 Å². The summed E-state index contributed by atoms with van der Waals surface area (Å²) in [6.07, 6.45) is 83.1. The van der Waals surface area contributed by atoms with Gasteiger partial charge in [-0.15, -0.1) is 0 Å². The third-order valence-corrected chi connectivity index (χ3v) is 11.4. The first-order valence-electron chi connectivity index (χ1n) is 28.3. The van der Waals surface area contributed by atoms with Gasteiger partial charge in [-0.25, -0.2) is 0 Å². The molecule has 0 amide bonds. The number of hydrogen-bond donors (Lipinski definition) is 0. The van der Waals surface area contributed by atoms with E-state index in [1.54, 1.807) is 0 Å². The van der Waals surface area contributed by atoms with E-state index < -0.39 is 12.1 Å². The van der Waals surface area contributed by atoms with E-state index in [4.69, 9.17) is 14.2 Å². The fourth-order valence-electron chi connectivity index (χ4n) is 7.18. The predicted octanol–water partition coefficient (Wildman–Crippen LogP) is 19.2. The fraction of sp³-hybridized carbons (Fsp3) is 0.585. The third kappa shape index (κ3) is 56.1. The predicted molar refractivity (Wildman–Crippen MR) is 306 cm³/mol. The van der Waals surface area contributed by atoms with Gasteiger partial charge in [-0.05, 0) is 109 Å². The topological polar surface area (TPSA) is 78.9 Å². The largest absolute Gasteiger partial charge is 0.462 e. The molecule has 0 radical (unpaired) electrons. The van der Waals surface area contributed by atoms with Gasteiger partial charge < -0.3 is 14.2 Å². The van der Waals surface area contributed by atoms with Gasteiger partial charge in [0, 0.05) is 19.3 Å². The molecule has 0 aliphatic rings. The van der Waals surface area contributed by atoms with Crippen molar-refractivity contribution in [2.75, 3.05) is 13.2 Å². The first kappa shape index (κ1) is 66.3. The zero-order chi connectivity index (χ0) is 51.4. The van der Waals surface area contributed by atoms with Crippen LogP contribution in [0, 0.1) is 0 Å². The Morgan fingerprint density at radius 3 is 0.915 bits per heavy atom. The van der Waals surface area contributed by atoms with Gasteiger partial charge >= 0.3 is 17.9 Å². The van der Waals surface area contributed by atoms with E-state index in [0.29, 0.717) is 19.3 Å². The monoisotopic (exact) mass is 979 g/mol. The average Bonchev–Trinajstić information content (AvgIpc) is 3.37. The molecule has 0 bridgehead atoms. The molecule has 0 heterocycles. The zero-order valence-electron chi connectivity index (χ0n) is 45.4. The molecular formula is C65H102O6. The van der Waals surface area contributed by atoms with Crippen molar-refractivity contribution in [2.24, 2.45) is 0 Å². The number of hydrogen-bond acceptors (Lipinski definition) is 6. The number of carbonyl (C=O) groups excluding carboxylic acids is 3. The lowest BCUT2D eigenvalue weighted by atomic mass is 10.1. The van der Waals surface area contributed by atoms with Crippen LogP contribution in [-0.4, -0.2) is 37.2 Å². The molecule has 1 atom stereocenters. The lowest BCUT2D eigenvalue weighted by Crippen LogP contribution is -2.30. The van der Waals surface area contributed by atoms with Gasteiger partial charge in [0.25, 0.3) is 0 Å². The maximum Gasteiger partial charge on any atom is 0.306 e. The van der Waals surface area contributed by atoms with Crippen LogP contribution in [0.15, 0.2) is 146 Å². The summed E-state index contributed by atoms with van der Waals surface area (Å²) in [6.45, 7) is 6.27. The van der Waals surface area contributed by atoms with Crippen molar-refractivity contribution in [2.45, 2.75) is 232 Å². The Kier molecular flexibility index (Phi) is 54.0. The molecule has 0 rings (SSSR count). The van der Waals surface area contributed by atoms with Crippen molar-refractivity contribution in [1.29, 1.82) is 0 Å². The van der Waals surface area contributed by atoms with Crippen molar-refractivity contribution in [3.05, 3.63) is 146 Å². The lowest BCUT2D eigenvalue weighted by Gasteiger charge is -2.18. The molecule has 398 valence electrons. The van der Waals surface area contributed by atoms with E-state index in [2.05, 4.69) is 154 Å². The van der Waals surface area contributed by atoms with Crippen LogP contribution < -0.4 is 0 Å². The molecule has 6 nitrogen and oxygen atoms in total. The highest BCUT2D eigenvalue weighted by molar-refractivity contribution is 5.71. The van der Waals surface area contributed by atoms with Gasteiger partial charge in [-0.2, -0.15) is 0 Å². The number of rotatable bonds is 49. The molecule has 6 heteroatoms. The minimum atomic E-state index is -0.821. The first-order valence-corrected chi connectivity index (χ1v) is 28.3. The minimum Gasteiger partial charge on any atom is -0.462 e. The van der Waals surface area contributed by atoms with Crippen molar-refractivity contribution < 1.29 is 28.6 Å². The Labute approximate surface area is 436 Å². The molecular weight excluding hydrogens is 877 g/mol. The van der Waals surface area contributed by atoms with Crippen LogP contribution >= 0.6 is 0 Å². The number of unbranched alkanes of at least 4 members (excludes halogenated alkanes) is 14. The van der Waals surface area contributed by atoms with Gasteiger partial charge in [0.1, 0.15) is 13.2 Å². The zero-order valence-corrected chi connectivity index (χ0v) is 45.4. The summed E-state index contributed by atoms with van der Waals surface area (Å²) in [7, 11) is 0. The molecule has 0 aromatic heterocycles. The summed E-state index contributed by atoms with van der Waals surface area (Å²) in [5.74, 6) is -1.02. The van der Waals surface area contributed by atoms with E-state index in [-0.39, 0.29) is 31.6 Å². The number of allylic oxidation sites excluding steroid dienone is 24. The second-order valence-corrected chi connectivity index (χ2v) is 18.1. The van der Waals surface area contributed by atoms with Crippen LogP contribution in [-0.2, 0) is 28.6 Å². The van der Waals surface area contributed by atoms with Crippen molar-refractivity contribution in [3.8, 4) is 0 Å². The molecule has 0 aromatic rings. The highest BCUT2D eigenvalue weighted by atomic mass is 16.6. The van der Waals surface area contributed by atoms with Gasteiger partial charge in [0.2, 0.25) is 0 Å². The highest BCUT2D eigenvalue weighted by Crippen LogP contribution is 2.13. The van der Waals surface area contributed by atoms with Crippen LogP contribution in [0.5, 0.6) is 0 Å². The molecule has 0 aromatic carbocycles. The van der Waals surface area contributed by atoms with E-state index >= 15 is 0 Å². The first-order chi connectivity index (χ1) is 35.0. The Morgan fingerprint density at radius 2 is 0.577 bits per heavy atom.